The fraction of sp³-hybridized carbons (Fsp3) is 0.600. The number of aliphatic hydroxyl groups is 3. The summed E-state index contributed by atoms with van der Waals surface area (Å²) in [4.78, 5) is 27.4. The van der Waals surface area contributed by atoms with Crippen molar-refractivity contribution in [2.24, 2.45) is 5.73 Å². The average Bonchev–Trinajstić information content (AvgIpc) is 2.72. The molecule has 1 aliphatic rings. The molecule has 6 N–H and O–H groups in total. The van der Waals surface area contributed by atoms with Crippen LogP contribution in [-0.2, 0) is 9.59 Å². The lowest BCUT2D eigenvalue weighted by Crippen LogP contribution is -2.64. The number of aliphatic hydroxyl groups excluding tert-OH is 3. The maximum Gasteiger partial charge on any atom is 0.246 e. The molecule has 2 amide bonds. The third-order valence-corrected chi connectivity index (χ3v) is 5.33. The Bertz CT molecular complexity index is 642. The number of amides is 2. The summed E-state index contributed by atoms with van der Waals surface area (Å²) in [5.74, 6) is -0.676. The molecule has 1 fully saturated rings. The highest BCUT2D eigenvalue weighted by atomic mass is 16.4. The quantitative estimate of drug-likeness (QED) is 0.358. The minimum atomic E-state index is -1.28. The summed E-state index contributed by atoms with van der Waals surface area (Å²) in [6, 6.07) is 8.12. The number of benzene rings is 1. The Kier molecular flexibility index (Phi) is 8.37. The maximum absolute atomic E-state index is 13.2. The van der Waals surface area contributed by atoms with Crippen LogP contribution in [0.5, 0.6) is 0 Å². The normalized spacial score (nSPS) is 23.2. The van der Waals surface area contributed by atoms with Gasteiger partial charge in [0.15, 0.2) is 0 Å². The summed E-state index contributed by atoms with van der Waals surface area (Å²) in [5.41, 5.74) is 6.51. The van der Waals surface area contributed by atoms with Gasteiger partial charge in [0, 0.05) is 12.5 Å². The second-order valence-electron chi connectivity index (χ2n) is 7.27. The van der Waals surface area contributed by atoms with Crippen molar-refractivity contribution < 1.29 is 24.9 Å². The van der Waals surface area contributed by atoms with Gasteiger partial charge in [-0.05, 0) is 31.4 Å². The molecule has 1 aromatic rings. The number of hydrogen-bond acceptors (Lipinski definition) is 6. The van der Waals surface area contributed by atoms with E-state index in [1.165, 1.54) is 4.90 Å². The van der Waals surface area contributed by atoms with Crippen molar-refractivity contribution in [2.45, 2.75) is 56.4 Å². The maximum atomic E-state index is 13.2. The van der Waals surface area contributed by atoms with E-state index in [-0.39, 0.29) is 30.7 Å². The second-order valence-corrected chi connectivity index (χ2v) is 7.27. The minimum absolute atomic E-state index is 0.0618. The van der Waals surface area contributed by atoms with Crippen LogP contribution in [0.25, 0.3) is 0 Å². The predicted molar refractivity (Wildman–Crippen MR) is 104 cm³/mol. The lowest BCUT2D eigenvalue weighted by molar-refractivity contribution is -0.151. The molecule has 28 heavy (non-hydrogen) atoms. The van der Waals surface area contributed by atoms with E-state index in [1.54, 1.807) is 0 Å². The van der Waals surface area contributed by atoms with Crippen LogP contribution >= 0.6 is 0 Å². The van der Waals surface area contributed by atoms with Crippen molar-refractivity contribution in [3.63, 3.8) is 0 Å². The second kappa shape index (κ2) is 10.5. The van der Waals surface area contributed by atoms with Crippen LogP contribution in [0.15, 0.2) is 30.3 Å². The van der Waals surface area contributed by atoms with Crippen molar-refractivity contribution in [3.05, 3.63) is 35.9 Å². The number of piperazine rings is 1. The summed E-state index contributed by atoms with van der Waals surface area (Å²) in [6.45, 7) is 1.83. The number of carbonyl (C=O) groups is 2. The van der Waals surface area contributed by atoms with Crippen molar-refractivity contribution in [1.82, 2.24) is 10.2 Å². The van der Waals surface area contributed by atoms with Gasteiger partial charge in [0.25, 0.3) is 0 Å². The van der Waals surface area contributed by atoms with Gasteiger partial charge in [-0.15, -0.1) is 0 Å². The van der Waals surface area contributed by atoms with Crippen LogP contribution in [0.3, 0.4) is 0 Å². The Labute approximate surface area is 165 Å². The summed E-state index contributed by atoms with van der Waals surface area (Å²) in [7, 11) is 0. The first-order chi connectivity index (χ1) is 13.4. The van der Waals surface area contributed by atoms with Crippen LogP contribution < -0.4 is 11.1 Å². The molecule has 0 aromatic heterocycles. The third-order valence-electron chi connectivity index (χ3n) is 5.33. The number of nitrogens with zero attached hydrogens (tertiary/aromatic N) is 1. The van der Waals surface area contributed by atoms with Crippen LogP contribution in [-0.4, -0.2) is 76.0 Å². The topological polar surface area (TPSA) is 136 Å². The molecule has 156 valence electrons. The zero-order valence-electron chi connectivity index (χ0n) is 16.2. The number of nitrogens with two attached hydrogens (primary N) is 1. The SMILES string of the molecule is CC(c1ccccc1)C1NC(=O)C(CCCN)N(CCC(O)C(O)CO)C1=O. The van der Waals surface area contributed by atoms with Crippen molar-refractivity contribution in [3.8, 4) is 0 Å². The molecule has 0 aliphatic carbocycles. The Morgan fingerprint density at radius 3 is 2.46 bits per heavy atom. The Hall–Kier alpha value is -2.00. The molecule has 0 bridgehead atoms. The van der Waals surface area contributed by atoms with Gasteiger partial charge in [0.1, 0.15) is 18.2 Å². The summed E-state index contributed by atoms with van der Waals surface area (Å²) in [5, 5.41) is 31.3. The Balaban J connectivity index is 2.19. The van der Waals surface area contributed by atoms with Gasteiger partial charge in [-0.1, -0.05) is 37.3 Å². The summed E-state index contributed by atoms with van der Waals surface area (Å²) < 4.78 is 0. The molecular weight excluding hydrogens is 362 g/mol. The van der Waals surface area contributed by atoms with Crippen molar-refractivity contribution >= 4 is 11.8 Å². The lowest BCUT2D eigenvalue weighted by atomic mass is 9.89. The third kappa shape index (κ3) is 5.29. The molecule has 0 radical (unpaired) electrons. The van der Waals surface area contributed by atoms with E-state index in [4.69, 9.17) is 10.8 Å². The number of carbonyl (C=O) groups excluding carboxylic acids is 2. The first-order valence-corrected chi connectivity index (χ1v) is 9.73. The van der Waals surface area contributed by atoms with Crippen molar-refractivity contribution in [1.29, 1.82) is 0 Å². The largest absolute Gasteiger partial charge is 0.394 e. The minimum Gasteiger partial charge on any atom is -0.394 e. The van der Waals surface area contributed by atoms with Gasteiger partial charge in [-0.25, -0.2) is 0 Å². The van der Waals surface area contributed by atoms with E-state index >= 15 is 0 Å². The van der Waals surface area contributed by atoms with E-state index < -0.39 is 30.9 Å². The van der Waals surface area contributed by atoms with E-state index in [2.05, 4.69) is 5.32 Å². The molecule has 5 unspecified atom stereocenters. The predicted octanol–water partition coefficient (Wildman–Crippen LogP) is -0.671. The van der Waals surface area contributed by atoms with Crippen LogP contribution in [0.2, 0.25) is 0 Å². The number of rotatable bonds is 10. The number of nitrogens with one attached hydrogen (secondary N) is 1. The standard InChI is InChI=1S/C20H31N3O5/c1-13(14-6-3-2-4-7-14)18-20(28)23(11-9-16(25)17(26)12-24)15(8-5-10-21)19(27)22-18/h2-4,6-7,13,15-18,24-26H,5,8-12,21H2,1H3,(H,22,27). The monoisotopic (exact) mass is 393 g/mol. The summed E-state index contributed by atoms with van der Waals surface area (Å²) >= 11 is 0. The highest BCUT2D eigenvalue weighted by Crippen LogP contribution is 2.25. The van der Waals surface area contributed by atoms with E-state index in [0.29, 0.717) is 19.4 Å². The molecule has 5 atom stereocenters. The molecule has 8 heteroatoms. The first-order valence-electron chi connectivity index (χ1n) is 9.73. The van der Waals surface area contributed by atoms with Crippen LogP contribution in [0.4, 0.5) is 0 Å². The highest BCUT2D eigenvalue weighted by molar-refractivity contribution is 5.97. The molecule has 0 spiro atoms. The summed E-state index contributed by atoms with van der Waals surface area (Å²) in [6.07, 6.45) is -1.38. The van der Waals surface area contributed by atoms with E-state index in [9.17, 15) is 19.8 Å². The molecule has 1 saturated heterocycles. The molecule has 8 nitrogen and oxygen atoms in total. The fourth-order valence-corrected chi connectivity index (χ4v) is 3.52. The van der Waals surface area contributed by atoms with Gasteiger partial charge < -0.3 is 31.3 Å². The molecule has 0 saturated carbocycles. The van der Waals surface area contributed by atoms with E-state index in [0.717, 1.165) is 5.56 Å². The zero-order chi connectivity index (χ0) is 20.7. The Morgan fingerprint density at radius 1 is 1.18 bits per heavy atom. The van der Waals surface area contributed by atoms with Crippen LogP contribution in [0.1, 0.15) is 37.7 Å². The highest BCUT2D eigenvalue weighted by Gasteiger charge is 2.42. The van der Waals surface area contributed by atoms with Gasteiger partial charge in [-0.2, -0.15) is 0 Å². The van der Waals surface area contributed by atoms with Gasteiger partial charge in [0.05, 0.1) is 12.7 Å². The van der Waals surface area contributed by atoms with Crippen LogP contribution in [0, 0.1) is 0 Å². The molecule has 1 aromatic carbocycles. The Morgan fingerprint density at radius 2 is 1.86 bits per heavy atom. The van der Waals surface area contributed by atoms with Gasteiger partial charge in [0.2, 0.25) is 11.8 Å². The molecule has 1 heterocycles. The molecule has 2 rings (SSSR count). The lowest BCUT2D eigenvalue weighted by Gasteiger charge is -2.41. The smallest absolute Gasteiger partial charge is 0.246 e. The van der Waals surface area contributed by atoms with E-state index in [1.807, 2.05) is 37.3 Å². The van der Waals surface area contributed by atoms with Gasteiger partial charge >= 0.3 is 0 Å². The first kappa shape index (κ1) is 22.3. The van der Waals surface area contributed by atoms with Crippen molar-refractivity contribution in [2.75, 3.05) is 19.7 Å². The number of hydrogen-bond donors (Lipinski definition) is 5. The molecule has 1 aliphatic heterocycles. The fourth-order valence-electron chi connectivity index (χ4n) is 3.52. The zero-order valence-corrected chi connectivity index (χ0v) is 16.2. The molecular formula is C20H31N3O5. The van der Waals surface area contributed by atoms with Gasteiger partial charge in [-0.3, -0.25) is 9.59 Å². The average molecular weight is 393 g/mol.